The SMILES string of the molecule is S=C(Nc1cccc(Br)c1)NC1CC1. The molecule has 1 saturated carbocycles. The van der Waals surface area contributed by atoms with E-state index < -0.39 is 0 Å². The summed E-state index contributed by atoms with van der Waals surface area (Å²) >= 11 is 8.57. The van der Waals surface area contributed by atoms with Crippen LogP contribution in [0.4, 0.5) is 5.69 Å². The molecule has 0 amide bonds. The van der Waals surface area contributed by atoms with Crippen LogP contribution in [-0.2, 0) is 0 Å². The molecule has 0 unspecified atom stereocenters. The van der Waals surface area contributed by atoms with Gasteiger partial charge in [-0.25, -0.2) is 0 Å². The van der Waals surface area contributed by atoms with E-state index in [9.17, 15) is 0 Å². The maximum Gasteiger partial charge on any atom is 0.170 e. The second-order valence-electron chi connectivity index (χ2n) is 3.38. The lowest BCUT2D eigenvalue weighted by Crippen LogP contribution is -2.30. The molecule has 74 valence electrons. The van der Waals surface area contributed by atoms with Crippen molar-refractivity contribution < 1.29 is 0 Å². The van der Waals surface area contributed by atoms with Gasteiger partial charge in [0.15, 0.2) is 5.11 Å². The maximum atomic E-state index is 5.16. The molecule has 2 N–H and O–H groups in total. The zero-order valence-corrected chi connectivity index (χ0v) is 9.99. The lowest BCUT2D eigenvalue weighted by atomic mass is 10.3. The van der Waals surface area contributed by atoms with Crippen molar-refractivity contribution in [2.45, 2.75) is 18.9 Å². The van der Waals surface area contributed by atoms with E-state index in [1.54, 1.807) is 0 Å². The van der Waals surface area contributed by atoms with Crippen molar-refractivity contribution in [3.8, 4) is 0 Å². The molecule has 1 aliphatic rings. The fourth-order valence-electron chi connectivity index (χ4n) is 1.15. The Labute approximate surface area is 97.2 Å². The Morgan fingerprint density at radius 3 is 2.86 bits per heavy atom. The lowest BCUT2D eigenvalue weighted by Gasteiger charge is -2.09. The highest BCUT2D eigenvalue weighted by Gasteiger charge is 2.21. The summed E-state index contributed by atoms with van der Waals surface area (Å²) in [4.78, 5) is 0. The Hall–Kier alpha value is -0.610. The van der Waals surface area contributed by atoms with Crippen LogP contribution in [0.2, 0.25) is 0 Å². The molecule has 1 aromatic carbocycles. The fourth-order valence-corrected chi connectivity index (χ4v) is 1.83. The number of hydrogen-bond donors (Lipinski definition) is 2. The molecule has 0 saturated heterocycles. The van der Waals surface area contributed by atoms with Crippen LogP contribution < -0.4 is 10.6 Å². The van der Waals surface area contributed by atoms with E-state index in [0.29, 0.717) is 11.2 Å². The van der Waals surface area contributed by atoms with E-state index in [-0.39, 0.29) is 0 Å². The zero-order valence-electron chi connectivity index (χ0n) is 7.59. The molecule has 0 atom stereocenters. The minimum Gasteiger partial charge on any atom is -0.360 e. The minimum absolute atomic E-state index is 0.599. The van der Waals surface area contributed by atoms with E-state index >= 15 is 0 Å². The average molecular weight is 271 g/mol. The Balaban J connectivity index is 1.92. The highest BCUT2D eigenvalue weighted by atomic mass is 79.9. The first-order chi connectivity index (χ1) is 6.74. The molecule has 0 radical (unpaired) electrons. The van der Waals surface area contributed by atoms with E-state index in [4.69, 9.17) is 12.2 Å². The van der Waals surface area contributed by atoms with Gasteiger partial charge in [0.2, 0.25) is 0 Å². The van der Waals surface area contributed by atoms with Gasteiger partial charge in [0.1, 0.15) is 0 Å². The van der Waals surface area contributed by atoms with Gasteiger partial charge in [-0.15, -0.1) is 0 Å². The normalized spacial score (nSPS) is 14.9. The molecule has 1 aromatic rings. The number of thiocarbonyl (C=S) groups is 1. The quantitative estimate of drug-likeness (QED) is 0.809. The van der Waals surface area contributed by atoms with E-state index in [1.807, 2.05) is 24.3 Å². The molecule has 0 heterocycles. The zero-order chi connectivity index (χ0) is 9.97. The largest absolute Gasteiger partial charge is 0.360 e. The smallest absolute Gasteiger partial charge is 0.170 e. The predicted octanol–water partition coefficient (Wildman–Crippen LogP) is 2.90. The lowest BCUT2D eigenvalue weighted by molar-refractivity contribution is 0.919. The fraction of sp³-hybridized carbons (Fsp3) is 0.300. The molecule has 4 heteroatoms. The molecule has 2 nitrogen and oxygen atoms in total. The second kappa shape index (κ2) is 4.28. The third kappa shape index (κ3) is 2.96. The van der Waals surface area contributed by atoms with Gasteiger partial charge >= 0.3 is 0 Å². The van der Waals surface area contributed by atoms with Gasteiger partial charge < -0.3 is 10.6 Å². The van der Waals surface area contributed by atoms with Gasteiger partial charge in [-0.3, -0.25) is 0 Å². The molecule has 1 fully saturated rings. The number of hydrogen-bond acceptors (Lipinski definition) is 1. The van der Waals surface area contributed by atoms with Crippen LogP contribution in [0.25, 0.3) is 0 Å². The molecule has 2 rings (SSSR count). The Bertz CT molecular complexity index is 350. The molecule has 1 aliphatic carbocycles. The summed E-state index contributed by atoms with van der Waals surface area (Å²) in [6.07, 6.45) is 2.47. The number of rotatable bonds is 2. The van der Waals surface area contributed by atoms with E-state index in [2.05, 4.69) is 26.6 Å². The van der Waals surface area contributed by atoms with Crippen molar-refractivity contribution in [1.29, 1.82) is 0 Å². The van der Waals surface area contributed by atoms with Gasteiger partial charge in [-0.1, -0.05) is 22.0 Å². The molecule has 0 aromatic heterocycles. The van der Waals surface area contributed by atoms with Gasteiger partial charge in [-0.2, -0.15) is 0 Å². The highest BCUT2D eigenvalue weighted by molar-refractivity contribution is 9.10. The molecular weight excluding hydrogens is 260 g/mol. The third-order valence-corrected chi connectivity index (χ3v) is 2.71. The van der Waals surface area contributed by atoms with Crippen molar-refractivity contribution in [2.75, 3.05) is 5.32 Å². The van der Waals surface area contributed by atoms with Crippen LogP contribution >= 0.6 is 28.1 Å². The summed E-state index contributed by atoms with van der Waals surface area (Å²) in [6, 6.07) is 8.56. The summed E-state index contributed by atoms with van der Waals surface area (Å²) in [5.41, 5.74) is 1.01. The van der Waals surface area contributed by atoms with Crippen LogP contribution in [-0.4, -0.2) is 11.2 Å². The molecule has 14 heavy (non-hydrogen) atoms. The first-order valence-corrected chi connectivity index (χ1v) is 5.77. The van der Waals surface area contributed by atoms with Crippen LogP contribution in [0.5, 0.6) is 0 Å². The highest BCUT2D eigenvalue weighted by Crippen LogP contribution is 2.19. The maximum absolute atomic E-state index is 5.16. The van der Waals surface area contributed by atoms with Crippen molar-refractivity contribution in [1.82, 2.24) is 5.32 Å². The summed E-state index contributed by atoms with van der Waals surface area (Å²) in [5.74, 6) is 0. The van der Waals surface area contributed by atoms with Gasteiger partial charge in [0.25, 0.3) is 0 Å². The summed E-state index contributed by atoms with van der Waals surface area (Å²) < 4.78 is 1.05. The van der Waals surface area contributed by atoms with Crippen LogP contribution in [0.1, 0.15) is 12.8 Å². The molecule has 0 spiro atoms. The van der Waals surface area contributed by atoms with E-state index in [0.717, 1.165) is 10.2 Å². The summed E-state index contributed by atoms with van der Waals surface area (Å²) in [7, 11) is 0. The number of anilines is 1. The van der Waals surface area contributed by atoms with Gasteiger partial charge in [-0.05, 0) is 43.3 Å². The van der Waals surface area contributed by atoms with Crippen molar-refractivity contribution in [3.05, 3.63) is 28.7 Å². The van der Waals surface area contributed by atoms with Gasteiger partial charge in [0, 0.05) is 16.2 Å². The van der Waals surface area contributed by atoms with Crippen molar-refractivity contribution in [2.24, 2.45) is 0 Å². The molecule has 0 bridgehead atoms. The summed E-state index contributed by atoms with van der Waals surface area (Å²) in [6.45, 7) is 0. The molecule has 0 aliphatic heterocycles. The number of benzene rings is 1. The second-order valence-corrected chi connectivity index (χ2v) is 4.71. The summed E-state index contributed by atoms with van der Waals surface area (Å²) in [5, 5.41) is 7.08. The van der Waals surface area contributed by atoms with Crippen LogP contribution in [0.15, 0.2) is 28.7 Å². The van der Waals surface area contributed by atoms with Crippen LogP contribution in [0, 0.1) is 0 Å². The third-order valence-electron chi connectivity index (χ3n) is 2.00. The predicted molar refractivity (Wildman–Crippen MR) is 66.5 cm³/mol. The van der Waals surface area contributed by atoms with Crippen LogP contribution in [0.3, 0.4) is 0 Å². The average Bonchev–Trinajstić information content (AvgIpc) is 2.87. The number of halogens is 1. The van der Waals surface area contributed by atoms with Crippen molar-refractivity contribution >= 4 is 38.9 Å². The Kier molecular flexibility index (Phi) is 3.03. The van der Waals surface area contributed by atoms with Gasteiger partial charge in [0.05, 0.1) is 0 Å². The van der Waals surface area contributed by atoms with Crippen molar-refractivity contribution in [3.63, 3.8) is 0 Å². The molecular formula is C10H11BrN2S. The Morgan fingerprint density at radius 2 is 2.21 bits per heavy atom. The standard InChI is InChI=1S/C10H11BrN2S/c11-7-2-1-3-9(6-7)13-10(14)12-8-4-5-8/h1-3,6,8H,4-5H2,(H2,12,13,14). The number of nitrogens with one attached hydrogen (secondary N) is 2. The van der Waals surface area contributed by atoms with E-state index in [1.165, 1.54) is 12.8 Å². The first kappa shape index (κ1) is 9.93. The first-order valence-electron chi connectivity index (χ1n) is 4.57. The monoisotopic (exact) mass is 270 g/mol. The topological polar surface area (TPSA) is 24.1 Å². The minimum atomic E-state index is 0.599. The Morgan fingerprint density at radius 1 is 1.43 bits per heavy atom.